The zero-order chi connectivity index (χ0) is 26.4. The molecule has 6 nitrogen and oxygen atoms in total. The first kappa shape index (κ1) is 27.3. The lowest BCUT2D eigenvalue weighted by Crippen LogP contribution is -2.42. The van der Waals surface area contributed by atoms with Crippen LogP contribution in [0.25, 0.3) is 10.9 Å². The zero-order valence-electron chi connectivity index (χ0n) is 20.8. The summed E-state index contributed by atoms with van der Waals surface area (Å²) in [6.45, 7) is 2.10. The van der Waals surface area contributed by atoms with Crippen LogP contribution in [0.3, 0.4) is 0 Å². The molecule has 0 spiro atoms. The fourth-order valence-corrected chi connectivity index (χ4v) is 6.13. The van der Waals surface area contributed by atoms with Crippen molar-refractivity contribution in [3.63, 3.8) is 0 Å². The number of benzene rings is 2. The number of halogens is 2. The summed E-state index contributed by atoms with van der Waals surface area (Å²) in [5, 5.41) is 21.4. The number of nitrogens with zero attached hydrogens (tertiary/aromatic N) is 2. The topological polar surface area (TPSA) is 82.9 Å². The molecule has 4 rings (SSSR count). The normalized spacial score (nSPS) is 19.1. The molecule has 2 heterocycles. The van der Waals surface area contributed by atoms with Gasteiger partial charge in [-0.2, -0.15) is 0 Å². The van der Waals surface area contributed by atoms with Crippen molar-refractivity contribution in [1.29, 1.82) is 0 Å². The third-order valence-corrected chi connectivity index (χ3v) is 8.16. The van der Waals surface area contributed by atoms with Gasteiger partial charge in [0.2, 0.25) is 0 Å². The number of fused-ring (bicyclic) bond motifs is 1. The van der Waals surface area contributed by atoms with Crippen molar-refractivity contribution in [1.82, 2.24) is 9.88 Å². The van der Waals surface area contributed by atoms with Gasteiger partial charge in [0.05, 0.1) is 18.7 Å². The number of likely N-dealkylation sites (tertiary alicyclic amines) is 1. The van der Waals surface area contributed by atoms with E-state index < -0.39 is 23.7 Å². The first-order chi connectivity index (χ1) is 17.9. The second-order valence-electron chi connectivity index (χ2n) is 9.48. The lowest BCUT2D eigenvalue weighted by atomic mass is 9.79. The van der Waals surface area contributed by atoms with Gasteiger partial charge in [-0.1, -0.05) is 6.07 Å². The third-order valence-electron chi connectivity index (χ3n) is 7.15. The molecule has 1 aliphatic rings. The Bertz CT molecular complexity index is 1230. The Hall–Kier alpha value is -2.75. The van der Waals surface area contributed by atoms with Crippen LogP contribution in [0.2, 0.25) is 0 Å². The Labute approximate surface area is 219 Å². The minimum atomic E-state index is -0.853. The molecule has 0 saturated carbocycles. The van der Waals surface area contributed by atoms with Crippen molar-refractivity contribution < 1.29 is 28.5 Å². The lowest BCUT2D eigenvalue weighted by molar-refractivity contribution is -0.139. The van der Waals surface area contributed by atoms with Crippen molar-refractivity contribution in [2.45, 2.75) is 36.7 Å². The van der Waals surface area contributed by atoms with Gasteiger partial charge >= 0.3 is 5.97 Å². The summed E-state index contributed by atoms with van der Waals surface area (Å²) < 4.78 is 32.7. The van der Waals surface area contributed by atoms with Gasteiger partial charge in [0, 0.05) is 41.7 Å². The number of ether oxygens (including phenoxy) is 1. The van der Waals surface area contributed by atoms with E-state index in [0.29, 0.717) is 37.4 Å². The van der Waals surface area contributed by atoms with Crippen molar-refractivity contribution in [2.75, 3.05) is 32.5 Å². The number of piperidine rings is 1. The van der Waals surface area contributed by atoms with E-state index in [1.165, 1.54) is 17.8 Å². The van der Waals surface area contributed by atoms with Crippen LogP contribution in [0, 0.1) is 23.5 Å². The number of carboxylic acid groups (broad SMARTS) is 1. The Morgan fingerprint density at radius 2 is 2.08 bits per heavy atom. The van der Waals surface area contributed by atoms with Crippen LogP contribution in [0.5, 0.6) is 5.75 Å². The van der Waals surface area contributed by atoms with Crippen molar-refractivity contribution >= 4 is 28.6 Å². The summed E-state index contributed by atoms with van der Waals surface area (Å²) >= 11 is 1.27. The highest BCUT2D eigenvalue weighted by Crippen LogP contribution is 2.35. The van der Waals surface area contributed by atoms with E-state index in [1.807, 2.05) is 24.3 Å². The number of aliphatic carboxylic acids is 1. The van der Waals surface area contributed by atoms with Gasteiger partial charge in [-0.25, -0.2) is 8.78 Å². The summed E-state index contributed by atoms with van der Waals surface area (Å²) in [4.78, 5) is 18.4. The fourth-order valence-electron chi connectivity index (χ4n) is 5.17. The number of carbonyl (C=O) groups is 1. The SMILES string of the molecule is COc1ccc2nccc(C(O)CC[C@@H]3CCN(CCSc4cccc(F)c4F)C[C@@H]3CC(=O)O)c2c1. The number of methoxy groups -OCH3 is 1. The first-order valence-corrected chi connectivity index (χ1v) is 13.5. The predicted molar refractivity (Wildman–Crippen MR) is 140 cm³/mol. The van der Waals surface area contributed by atoms with Crippen LogP contribution < -0.4 is 4.74 Å². The highest BCUT2D eigenvalue weighted by Gasteiger charge is 2.31. The van der Waals surface area contributed by atoms with Crippen LogP contribution >= 0.6 is 11.8 Å². The third kappa shape index (κ3) is 6.97. The average molecular weight is 531 g/mol. The Balaban J connectivity index is 1.35. The van der Waals surface area contributed by atoms with E-state index in [-0.39, 0.29) is 23.2 Å². The molecule has 0 radical (unpaired) electrons. The molecule has 1 fully saturated rings. The molecule has 0 amide bonds. The number of carboxylic acids is 1. The highest BCUT2D eigenvalue weighted by atomic mass is 32.2. The summed E-state index contributed by atoms with van der Waals surface area (Å²) in [5.74, 6) is -1.09. The number of hydrogen-bond acceptors (Lipinski definition) is 6. The fraction of sp³-hybridized carbons (Fsp3) is 0.429. The van der Waals surface area contributed by atoms with Crippen LogP contribution in [-0.2, 0) is 4.79 Å². The number of aliphatic hydroxyl groups excluding tert-OH is 1. The van der Waals surface area contributed by atoms with Gasteiger partial charge in [-0.15, -0.1) is 11.8 Å². The van der Waals surface area contributed by atoms with E-state index in [2.05, 4.69) is 9.88 Å². The molecule has 1 aliphatic heterocycles. The first-order valence-electron chi connectivity index (χ1n) is 12.5. The monoisotopic (exact) mass is 530 g/mol. The standard InChI is InChI=1S/C28H32F2N2O4S/c1-36-20-6-7-24-22(16-20)21(9-11-31-24)25(33)8-5-18-10-12-32(17-19(18)15-27(34)35)13-14-37-26-4-2-3-23(29)28(26)30/h2-4,6-7,9,11,16,18-19,25,33H,5,8,10,12-15,17H2,1H3,(H,34,35)/t18-,19+,25?/m1/s1. The predicted octanol–water partition coefficient (Wildman–Crippen LogP) is 5.54. The zero-order valence-corrected chi connectivity index (χ0v) is 21.6. The van der Waals surface area contributed by atoms with Crippen molar-refractivity contribution in [3.05, 3.63) is 65.9 Å². The maximum Gasteiger partial charge on any atom is 0.303 e. The Morgan fingerprint density at radius 3 is 2.86 bits per heavy atom. The Kier molecular flexibility index (Phi) is 9.34. The maximum atomic E-state index is 13.9. The van der Waals surface area contributed by atoms with E-state index in [4.69, 9.17) is 4.74 Å². The minimum absolute atomic E-state index is 0.0383. The van der Waals surface area contributed by atoms with E-state index >= 15 is 0 Å². The Morgan fingerprint density at radius 1 is 1.24 bits per heavy atom. The molecule has 1 unspecified atom stereocenters. The van der Waals surface area contributed by atoms with Crippen LogP contribution in [0.15, 0.2) is 53.6 Å². The smallest absolute Gasteiger partial charge is 0.303 e. The molecule has 0 aliphatic carbocycles. The molecule has 1 saturated heterocycles. The quantitative estimate of drug-likeness (QED) is 0.315. The van der Waals surface area contributed by atoms with Crippen LogP contribution in [0.1, 0.15) is 37.4 Å². The van der Waals surface area contributed by atoms with E-state index in [0.717, 1.165) is 35.5 Å². The molecule has 1 aromatic heterocycles. The minimum Gasteiger partial charge on any atom is -0.497 e. The number of aromatic nitrogens is 1. The van der Waals surface area contributed by atoms with Crippen LogP contribution in [0.4, 0.5) is 8.78 Å². The molecule has 2 aromatic carbocycles. The number of hydrogen-bond donors (Lipinski definition) is 2. The highest BCUT2D eigenvalue weighted by molar-refractivity contribution is 7.99. The summed E-state index contributed by atoms with van der Waals surface area (Å²) in [6, 6.07) is 11.6. The molecule has 0 bridgehead atoms. The van der Waals surface area contributed by atoms with Gasteiger partial charge < -0.3 is 19.8 Å². The average Bonchev–Trinajstić information content (AvgIpc) is 2.89. The summed E-state index contributed by atoms with van der Waals surface area (Å²) in [6.07, 6.45) is 3.12. The van der Waals surface area contributed by atoms with Crippen molar-refractivity contribution in [3.8, 4) is 5.75 Å². The van der Waals surface area contributed by atoms with E-state index in [1.54, 1.807) is 19.4 Å². The molecular weight excluding hydrogens is 498 g/mol. The number of pyridine rings is 1. The molecule has 3 atom stereocenters. The molecule has 37 heavy (non-hydrogen) atoms. The van der Waals surface area contributed by atoms with E-state index in [9.17, 15) is 23.8 Å². The molecule has 198 valence electrons. The van der Waals surface area contributed by atoms with Gasteiger partial charge in [0.25, 0.3) is 0 Å². The largest absolute Gasteiger partial charge is 0.497 e. The number of rotatable bonds is 11. The van der Waals surface area contributed by atoms with Gasteiger partial charge in [0.15, 0.2) is 11.6 Å². The summed E-state index contributed by atoms with van der Waals surface area (Å²) in [5.41, 5.74) is 1.57. The molecule has 9 heteroatoms. The van der Waals surface area contributed by atoms with Crippen LogP contribution in [-0.4, -0.2) is 58.6 Å². The molecular formula is C28H32F2N2O4S. The lowest BCUT2D eigenvalue weighted by Gasteiger charge is -2.38. The number of thioether (sulfide) groups is 1. The second kappa shape index (κ2) is 12.7. The van der Waals surface area contributed by atoms with Gasteiger partial charge in [-0.3, -0.25) is 9.78 Å². The second-order valence-corrected chi connectivity index (χ2v) is 10.6. The van der Waals surface area contributed by atoms with Gasteiger partial charge in [-0.05, 0) is 79.6 Å². The molecule has 2 N–H and O–H groups in total. The molecule has 3 aromatic rings. The van der Waals surface area contributed by atoms with Gasteiger partial charge in [0.1, 0.15) is 5.75 Å². The maximum absolute atomic E-state index is 13.9. The van der Waals surface area contributed by atoms with Crippen molar-refractivity contribution in [2.24, 2.45) is 11.8 Å². The summed E-state index contributed by atoms with van der Waals surface area (Å²) in [7, 11) is 1.60. The number of aliphatic hydroxyl groups is 1.